The Labute approximate surface area is 456 Å². The van der Waals surface area contributed by atoms with Gasteiger partial charge in [-0.05, 0) is 113 Å². The molecule has 75 heavy (non-hydrogen) atoms. The fourth-order valence-corrected chi connectivity index (χ4v) is 10.1. The van der Waals surface area contributed by atoms with E-state index in [-0.39, 0.29) is 56.4 Å². The van der Waals surface area contributed by atoms with Crippen LogP contribution in [0.15, 0.2) is 41.5 Å². The Balaban J connectivity index is 0.000000300. The van der Waals surface area contributed by atoms with Crippen LogP contribution in [0.25, 0.3) is 10.9 Å². The molecule has 1 saturated carbocycles. The van der Waals surface area contributed by atoms with Crippen molar-refractivity contribution in [1.29, 1.82) is 0 Å². The Morgan fingerprint density at radius 1 is 0.533 bits per heavy atom. The second-order valence-corrected chi connectivity index (χ2v) is 29.6. The van der Waals surface area contributed by atoms with E-state index >= 15 is 0 Å². The molecule has 3 aromatic rings. The minimum Gasteiger partial charge on any atom is -0.361 e. The average Bonchev–Trinajstić information content (AvgIpc) is 4.13. The Hall–Kier alpha value is -3.94. The predicted octanol–water partition coefficient (Wildman–Crippen LogP) is 12.7. The van der Waals surface area contributed by atoms with Crippen LogP contribution < -0.4 is 27.4 Å². The van der Waals surface area contributed by atoms with Crippen molar-refractivity contribution in [2.45, 2.75) is 220 Å². The van der Waals surface area contributed by atoms with Crippen molar-refractivity contribution in [3.05, 3.63) is 58.4 Å². The summed E-state index contributed by atoms with van der Waals surface area (Å²) in [7, 11) is 0. The number of para-hydroxylation sites is 1. The Kier molecular flexibility index (Phi) is 25.2. The molecule has 1 aromatic carbocycles. The molecule has 1 aliphatic carbocycles. The summed E-state index contributed by atoms with van der Waals surface area (Å²) < 4.78 is 0. The van der Waals surface area contributed by atoms with Crippen molar-refractivity contribution in [3.63, 3.8) is 0 Å². The van der Waals surface area contributed by atoms with E-state index in [0.717, 1.165) is 75.9 Å². The summed E-state index contributed by atoms with van der Waals surface area (Å²) in [6, 6.07) is 8.93. The van der Waals surface area contributed by atoms with E-state index in [0.29, 0.717) is 41.5 Å². The van der Waals surface area contributed by atoms with E-state index in [4.69, 9.17) is 10.9 Å². The van der Waals surface area contributed by atoms with Crippen LogP contribution in [0.2, 0.25) is 0 Å². The third-order valence-electron chi connectivity index (χ3n) is 16.0. The van der Waals surface area contributed by atoms with Gasteiger partial charge in [0.2, 0.25) is 17.7 Å². The Bertz CT molecular complexity index is 2220. The minimum atomic E-state index is -0.134. The summed E-state index contributed by atoms with van der Waals surface area (Å²) in [4.78, 5) is 52.1. The molecule has 4 unspecified atom stereocenters. The number of fused-ring (bicyclic) bond motifs is 1. The average molecular weight is 1050 g/mol. The highest BCUT2D eigenvalue weighted by Gasteiger charge is 2.35. The summed E-state index contributed by atoms with van der Waals surface area (Å²) in [6.07, 6.45) is 13.5. The first-order chi connectivity index (χ1) is 34.1. The first-order valence-electron chi connectivity index (χ1n) is 28.5. The van der Waals surface area contributed by atoms with Crippen molar-refractivity contribution in [1.82, 2.24) is 36.0 Å². The molecule has 5 fully saturated rings. The van der Waals surface area contributed by atoms with Crippen LogP contribution in [0, 0.1) is 56.7 Å². The molecule has 4 aliphatic heterocycles. The molecule has 4 saturated heterocycles. The van der Waals surface area contributed by atoms with E-state index in [1.54, 1.807) is 6.20 Å². The molecule has 0 bridgehead atoms. The van der Waals surface area contributed by atoms with Gasteiger partial charge in [0.05, 0.1) is 0 Å². The number of nitrogens with one attached hydrogen (secondary N) is 6. The van der Waals surface area contributed by atoms with Gasteiger partial charge in [0.15, 0.2) is 0 Å². The predicted molar refractivity (Wildman–Crippen MR) is 314 cm³/mol. The number of imidazole rings is 1. The van der Waals surface area contributed by atoms with Gasteiger partial charge in [-0.1, -0.05) is 164 Å². The van der Waals surface area contributed by atoms with E-state index < -0.39 is 0 Å². The van der Waals surface area contributed by atoms with Crippen LogP contribution in [0.3, 0.4) is 0 Å². The highest BCUT2D eigenvalue weighted by atomic mass is 16.5. The number of hydrogen-bond donors (Lipinski definition) is 8. The molecule has 13 heteroatoms. The van der Waals surface area contributed by atoms with Crippen LogP contribution in [0.4, 0.5) is 0 Å². The van der Waals surface area contributed by atoms with Crippen LogP contribution in [0.5, 0.6) is 0 Å². The minimum absolute atomic E-state index is 0.0269. The van der Waals surface area contributed by atoms with Gasteiger partial charge < -0.3 is 41.8 Å². The molecule has 0 spiro atoms. The second kappa shape index (κ2) is 28.1. The summed E-state index contributed by atoms with van der Waals surface area (Å²) in [5.74, 6) is 3.63. The lowest BCUT2D eigenvalue weighted by atomic mass is 9.75. The number of rotatable bonds is 0. The number of nitrogens with zero attached hydrogens (tertiary/aromatic N) is 1. The molecule has 9 N–H and O–H groups in total. The first kappa shape index (κ1) is 67.2. The first-order valence-corrected chi connectivity index (χ1v) is 28.5. The van der Waals surface area contributed by atoms with Gasteiger partial charge >= 0.3 is 5.69 Å². The molecule has 5 aliphatic rings. The number of amides is 3. The quantitative estimate of drug-likeness (QED) is 0.109. The van der Waals surface area contributed by atoms with E-state index in [2.05, 4.69) is 186 Å². The zero-order valence-electron chi connectivity index (χ0n) is 51.4. The number of carbonyl (C=O) groups excluding carboxylic acids is 3. The smallest absolute Gasteiger partial charge is 0.323 e. The summed E-state index contributed by atoms with van der Waals surface area (Å²) in [5.41, 5.74) is 11.1. The van der Waals surface area contributed by atoms with Gasteiger partial charge in [0.1, 0.15) is 0 Å². The van der Waals surface area contributed by atoms with Crippen molar-refractivity contribution in [3.8, 4) is 0 Å². The fourth-order valence-electron chi connectivity index (χ4n) is 10.1. The largest absolute Gasteiger partial charge is 0.361 e. The SMILES string of the molecule is CC(C)(C)C1CCN(O)CC1.CC(C)(C)C1CCNC(=O)C1.CC(C)(C)C1CCNC1=O.CC(C)(C)C1CC[C@H](N)C1.CC(C)(C)C1CNC(=O)C1.CC(C)(C)c1c[nH]c(=O)[nH]1.CC(C)(C)c1c[nH]c2ccccc12. The maximum absolute atomic E-state index is 11.1. The molecular weight excluding hydrogens is 937 g/mol. The van der Waals surface area contributed by atoms with Crippen molar-refractivity contribution in [2.24, 2.45) is 62.4 Å². The number of aromatic nitrogens is 3. The monoisotopic (exact) mass is 1050 g/mol. The molecule has 2 aromatic heterocycles. The number of hydrogen-bond acceptors (Lipinski definition) is 7. The van der Waals surface area contributed by atoms with Crippen LogP contribution in [0.1, 0.15) is 214 Å². The van der Waals surface area contributed by atoms with Gasteiger partial charge in [0, 0.05) is 91.9 Å². The van der Waals surface area contributed by atoms with Gasteiger partial charge in [0.25, 0.3) is 0 Å². The lowest BCUT2D eigenvalue weighted by Crippen LogP contribution is -2.38. The summed E-state index contributed by atoms with van der Waals surface area (Å²) in [6.45, 7) is 50.4. The lowest BCUT2D eigenvalue weighted by Gasteiger charge is -2.36. The number of aromatic amines is 3. The van der Waals surface area contributed by atoms with E-state index in [9.17, 15) is 19.2 Å². The molecule has 8 rings (SSSR count). The number of carbonyl (C=O) groups is 3. The molecule has 3 amide bonds. The normalized spacial score (nSPS) is 22.9. The summed E-state index contributed by atoms with van der Waals surface area (Å²) in [5, 5.41) is 20.4. The maximum atomic E-state index is 11.1. The van der Waals surface area contributed by atoms with Crippen molar-refractivity contribution >= 4 is 28.6 Å². The van der Waals surface area contributed by atoms with Crippen molar-refractivity contribution < 1.29 is 19.6 Å². The molecule has 6 heterocycles. The van der Waals surface area contributed by atoms with Gasteiger partial charge in [-0.3, -0.25) is 14.4 Å². The van der Waals surface area contributed by atoms with Crippen LogP contribution >= 0.6 is 0 Å². The molecule has 13 nitrogen and oxygen atoms in total. The highest BCUT2D eigenvalue weighted by Crippen LogP contribution is 2.39. The third kappa shape index (κ3) is 24.5. The number of benzene rings is 1. The molecule has 0 radical (unpaired) electrons. The van der Waals surface area contributed by atoms with Crippen molar-refractivity contribution in [2.75, 3.05) is 32.7 Å². The number of nitrogens with two attached hydrogens (primary N) is 1. The van der Waals surface area contributed by atoms with Gasteiger partial charge in [-0.15, -0.1) is 0 Å². The topological polar surface area (TPSA) is 201 Å². The zero-order valence-corrected chi connectivity index (χ0v) is 51.4. The lowest BCUT2D eigenvalue weighted by molar-refractivity contribution is -0.125. The molecular formula is C62H112N8O5. The molecule has 430 valence electrons. The number of H-pyrrole nitrogens is 3. The third-order valence-corrected chi connectivity index (χ3v) is 16.0. The van der Waals surface area contributed by atoms with Gasteiger partial charge in [-0.25, -0.2) is 4.79 Å². The maximum Gasteiger partial charge on any atom is 0.323 e. The zero-order chi connectivity index (χ0) is 57.5. The molecule has 5 atom stereocenters. The number of piperidine rings is 2. The van der Waals surface area contributed by atoms with Crippen LogP contribution in [-0.2, 0) is 25.2 Å². The highest BCUT2D eigenvalue weighted by molar-refractivity contribution is 5.84. The summed E-state index contributed by atoms with van der Waals surface area (Å²) >= 11 is 0. The van der Waals surface area contributed by atoms with Crippen LogP contribution in [-0.4, -0.2) is 81.7 Å². The van der Waals surface area contributed by atoms with E-state index in [1.807, 2.05) is 20.8 Å². The van der Waals surface area contributed by atoms with Gasteiger partial charge in [-0.2, -0.15) is 5.06 Å². The Morgan fingerprint density at radius 3 is 1.39 bits per heavy atom. The Morgan fingerprint density at radius 2 is 1.05 bits per heavy atom. The fraction of sp³-hybridized carbons (Fsp3) is 0.774. The second-order valence-electron chi connectivity index (χ2n) is 29.6. The van der Waals surface area contributed by atoms with E-state index in [1.165, 1.54) is 40.8 Å². The standard InChI is InChI=1S/C12H15N.C9H19NO.C9H17NO.C9H19N.2C8H15NO.C7H12N2O/c1-12(2,3)10-8-13-11-7-5-4-6-9(10)11;1-9(2,3)8-4-6-10(11)7-5-8;1-9(2,3)7-4-5-10-8(11)6-7;1-9(2,3)7-4-5-8(10)6-7;1-8(2,3)6-4-7(10)9-5-6;1-8(2,3)6-4-5-9-7(6)10;1-7(2,3)5-4-8-6(10)9-5/h4-8,13H,1-3H3;8,11H,4-7H2,1-3H3;7H,4-6H2,1-3H3,(H,10,11);7-8H,4-6,10H2,1-3H3;2*6H,4-5H2,1-3H3,(H,9,10);4H,1-3H3,(H2,8,9,10)/t;;;7?,8-;;;/m...0.../s1. The number of hydroxylamine groups is 2.